The summed E-state index contributed by atoms with van der Waals surface area (Å²) < 4.78 is 10.5. The molecule has 0 amide bonds. The molecule has 0 heterocycles. The third kappa shape index (κ3) is 3.50. The standard InChI is InChI=1S/C11H18O3/c1-9(12)14-11-8-6-4-3-5-7-10(11)13-2/h6,8,10-11H,3-5,7H2,1-2H3. The molecule has 2 unspecified atom stereocenters. The number of carbonyl (C=O) groups is 1. The molecule has 1 aliphatic rings. The van der Waals surface area contributed by atoms with Gasteiger partial charge in [-0.2, -0.15) is 0 Å². The van der Waals surface area contributed by atoms with Crippen LogP contribution in [0.15, 0.2) is 12.2 Å². The van der Waals surface area contributed by atoms with E-state index in [9.17, 15) is 4.79 Å². The van der Waals surface area contributed by atoms with Crippen LogP contribution in [0.5, 0.6) is 0 Å². The molecule has 0 aromatic carbocycles. The Hall–Kier alpha value is -0.830. The van der Waals surface area contributed by atoms with Gasteiger partial charge >= 0.3 is 5.97 Å². The summed E-state index contributed by atoms with van der Waals surface area (Å²) in [5, 5.41) is 0. The van der Waals surface area contributed by atoms with Crippen LogP contribution in [0.4, 0.5) is 0 Å². The molecule has 14 heavy (non-hydrogen) atoms. The number of carbonyl (C=O) groups excluding carboxylic acids is 1. The molecular weight excluding hydrogens is 180 g/mol. The molecule has 0 saturated heterocycles. The summed E-state index contributed by atoms with van der Waals surface area (Å²) in [7, 11) is 1.66. The lowest BCUT2D eigenvalue weighted by atomic mass is 10.0. The fourth-order valence-corrected chi connectivity index (χ4v) is 1.69. The van der Waals surface area contributed by atoms with Gasteiger partial charge in [-0.25, -0.2) is 0 Å². The van der Waals surface area contributed by atoms with Gasteiger partial charge < -0.3 is 9.47 Å². The number of hydrogen-bond acceptors (Lipinski definition) is 3. The molecule has 0 aliphatic heterocycles. The molecule has 0 fully saturated rings. The molecule has 2 atom stereocenters. The van der Waals surface area contributed by atoms with Crippen molar-refractivity contribution in [2.75, 3.05) is 7.11 Å². The first kappa shape index (κ1) is 11.2. The van der Waals surface area contributed by atoms with Crippen molar-refractivity contribution in [1.82, 2.24) is 0 Å². The Kier molecular flexibility index (Phi) is 4.66. The van der Waals surface area contributed by atoms with E-state index in [1.165, 1.54) is 13.3 Å². The topological polar surface area (TPSA) is 35.5 Å². The van der Waals surface area contributed by atoms with Crippen molar-refractivity contribution in [2.45, 2.75) is 44.8 Å². The van der Waals surface area contributed by atoms with Gasteiger partial charge in [0.1, 0.15) is 6.10 Å². The van der Waals surface area contributed by atoms with Crippen LogP contribution in [-0.2, 0) is 14.3 Å². The van der Waals surface area contributed by atoms with E-state index >= 15 is 0 Å². The molecule has 0 saturated carbocycles. The second kappa shape index (κ2) is 5.81. The normalized spacial score (nSPS) is 27.9. The minimum Gasteiger partial charge on any atom is -0.456 e. The second-order valence-corrected chi connectivity index (χ2v) is 3.56. The maximum atomic E-state index is 10.9. The molecule has 0 aromatic rings. The van der Waals surface area contributed by atoms with E-state index < -0.39 is 0 Å². The highest BCUT2D eigenvalue weighted by Crippen LogP contribution is 2.17. The number of rotatable bonds is 2. The summed E-state index contributed by atoms with van der Waals surface area (Å²) >= 11 is 0. The van der Waals surface area contributed by atoms with Gasteiger partial charge in [0, 0.05) is 14.0 Å². The van der Waals surface area contributed by atoms with Gasteiger partial charge in [-0.3, -0.25) is 4.79 Å². The Morgan fingerprint density at radius 3 is 2.86 bits per heavy atom. The van der Waals surface area contributed by atoms with Crippen LogP contribution >= 0.6 is 0 Å². The molecule has 0 spiro atoms. The van der Waals surface area contributed by atoms with Gasteiger partial charge in [-0.1, -0.05) is 12.5 Å². The first-order chi connectivity index (χ1) is 6.74. The molecule has 0 aromatic heterocycles. The van der Waals surface area contributed by atoms with Crippen molar-refractivity contribution in [1.29, 1.82) is 0 Å². The largest absolute Gasteiger partial charge is 0.456 e. The molecular formula is C11H18O3. The van der Waals surface area contributed by atoms with Gasteiger partial charge in [-0.15, -0.1) is 0 Å². The Bertz CT molecular complexity index is 211. The Morgan fingerprint density at radius 2 is 2.21 bits per heavy atom. The van der Waals surface area contributed by atoms with E-state index in [1.807, 2.05) is 6.08 Å². The zero-order valence-corrected chi connectivity index (χ0v) is 8.86. The molecule has 80 valence electrons. The van der Waals surface area contributed by atoms with Crippen LogP contribution in [0.25, 0.3) is 0 Å². The third-order valence-electron chi connectivity index (χ3n) is 2.41. The van der Waals surface area contributed by atoms with E-state index in [0.29, 0.717) is 0 Å². The first-order valence-electron chi connectivity index (χ1n) is 5.10. The van der Waals surface area contributed by atoms with E-state index in [0.717, 1.165) is 19.3 Å². The van der Waals surface area contributed by atoms with Gasteiger partial charge in [0.2, 0.25) is 0 Å². The lowest BCUT2D eigenvalue weighted by Crippen LogP contribution is -2.31. The van der Waals surface area contributed by atoms with E-state index in [1.54, 1.807) is 7.11 Å². The Morgan fingerprint density at radius 1 is 1.43 bits per heavy atom. The average molecular weight is 198 g/mol. The molecule has 0 bridgehead atoms. The van der Waals surface area contributed by atoms with Crippen molar-refractivity contribution in [3.8, 4) is 0 Å². The molecule has 0 N–H and O–H groups in total. The SMILES string of the molecule is COC1CCCCC=CC1OC(C)=O. The highest BCUT2D eigenvalue weighted by Gasteiger charge is 2.21. The Labute approximate surface area is 85.1 Å². The zero-order valence-electron chi connectivity index (χ0n) is 8.86. The predicted molar refractivity (Wildman–Crippen MR) is 54.0 cm³/mol. The number of hydrogen-bond donors (Lipinski definition) is 0. The van der Waals surface area contributed by atoms with Gasteiger partial charge in [-0.05, 0) is 25.3 Å². The zero-order chi connectivity index (χ0) is 10.4. The summed E-state index contributed by atoms with van der Waals surface area (Å²) in [5.41, 5.74) is 0. The molecule has 3 nitrogen and oxygen atoms in total. The first-order valence-corrected chi connectivity index (χ1v) is 5.10. The summed E-state index contributed by atoms with van der Waals surface area (Å²) in [6.45, 7) is 1.43. The quantitative estimate of drug-likeness (QED) is 0.503. The minimum atomic E-state index is -0.248. The van der Waals surface area contributed by atoms with Crippen LogP contribution < -0.4 is 0 Å². The fraction of sp³-hybridized carbons (Fsp3) is 0.727. The number of allylic oxidation sites excluding steroid dienone is 1. The maximum absolute atomic E-state index is 10.9. The monoisotopic (exact) mass is 198 g/mol. The molecule has 0 radical (unpaired) electrons. The van der Waals surface area contributed by atoms with Crippen LogP contribution in [0.1, 0.15) is 32.6 Å². The van der Waals surface area contributed by atoms with E-state index in [-0.39, 0.29) is 18.2 Å². The van der Waals surface area contributed by atoms with Crippen molar-refractivity contribution in [3.05, 3.63) is 12.2 Å². The van der Waals surface area contributed by atoms with Gasteiger partial charge in [0.05, 0.1) is 6.10 Å². The lowest BCUT2D eigenvalue weighted by molar-refractivity contribution is -0.150. The lowest BCUT2D eigenvalue weighted by Gasteiger charge is -2.24. The average Bonchev–Trinajstić information content (AvgIpc) is 2.10. The van der Waals surface area contributed by atoms with Crippen molar-refractivity contribution in [3.63, 3.8) is 0 Å². The smallest absolute Gasteiger partial charge is 0.303 e. The highest BCUT2D eigenvalue weighted by molar-refractivity contribution is 5.66. The summed E-state index contributed by atoms with van der Waals surface area (Å²) in [4.78, 5) is 10.9. The minimum absolute atomic E-state index is 0.00968. The highest BCUT2D eigenvalue weighted by atomic mass is 16.6. The van der Waals surface area contributed by atoms with E-state index in [4.69, 9.17) is 9.47 Å². The fourth-order valence-electron chi connectivity index (χ4n) is 1.69. The molecule has 1 aliphatic carbocycles. The predicted octanol–water partition coefficient (Wildman–Crippen LogP) is 2.06. The number of methoxy groups -OCH3 is 1. The van der Waals surface area contributed by atoms with Crippen molar-refractivity contribution in [2.24, 2.45) is 0 Å². The molecule has 1 rings (SSSR count). The van der Waals surface area contributed by atoms with Crippen LogP contribution in [0, 0.1) is 0 Å². The second-order valence-electron chi connectivity index (χ2n) is 3.56. The van der Waals surface area contributed by atoms with Crippen molar-refractivity contribution < 1.29 is 14.3 Å². The number of esters is 1. The van der Waals surface area contributed by atoms with Crippen molar-refractivity contribution >= 4 is 5.97 Å². The third-order valence-corrected chi connectivity index (χ3v) is 2.41. The molecule has 3 heteroatoms. The van der Waals surface area contributed by atoms with Gasteiger partial charge in [0.15, 0.2) is 0 Å². The maximum Gasteiger partial charge on any atom is 0.303 e. The summed E-state index contributed by atoms with van der Waals surface area (Å²) in [6.07, 6.45) is 8.14. The van der Waals surface area contributed by atoms with Gasteiger partial charge in [0.25, 0.3) is 0 Å². The summed E-state index contributed by atoms with van der Waals surface area (Å²) in [6, 6.07) is 0. The van der Waals surface area contributed by atoms with E-state index in [2.05, 4.69) is 6.08 Å². The Balaban J connectivity index is 2.61. The number of ether oxygens (including phenoxy) is 2. The summed E-state index contributed by atoms with van der Waals surface area (Å²) in [5.74, 6) is -0.248. The van der Waals surface area contributed by atoms with Crippen LogP contribution in [0.3, 0.4) is 0 Å². The van der Waals surface area contributed by atoms with Crippen LogP contribution in [-0.4, -0.2) is 25.3 Å². The van der Waals surface area contributed by atoms with Crippen LogP contribution in [0.2, 0.25) is 0 Å².